The first kappa shape index (κ1) is 15.3. The van der Waals surface area contributed by atoms with Gasteiger partial charge in [0.2, 0.25) is 5.88 Å². The highest BCUT2D eigenvalue weighted by Crippen LogP contribution is 2.33. The van der Waals surface area contributed by atoms with Crippen molar-refractivity contribution in [1.82, 2.24) is 4.98 Å². The Morgan fingerprint density at radius 2 is 2.05 bits per heavy atom. The van der Waals surface area contributed by atoms with Crippen LogP contribution >= 0.6 is 11.6 Å². The molecule has 1 heterocycles. The Labute approximate surface area is 129 Å². The van der Waals surface area contributed by atoms with Gasteiger partial charge in [-0.3, -0.25) is 5.41 Å². The Balaban J connectivity index is 2.37. The van der Waals surface area contributed by atoms with Crippen molar-refractivity contribution in [2.45, 2.75) is 26.7 Å². The summed E-state index contributed by atoms with van der Waals surface area (Å²) in [5, 5.41) is 8.19. The van der Waals surface area contributed by atoms with E-state index >= 15 is 0 Å². The molecular formula is C16H18ClN3O. The summed E-state index contributed by atoms with van der Waals surface area (Å²) in [6.07, 6.45) is 1.57. The third-order valence-electron chi connectivity index (χ3n) is 3.18. The lowest BCUT2D eigenvalue weighted by atomic mass is 10.0. The highest BCUT2D eigenvalue weighted by Gasteiger charge is 2.11. The van der Waals surface area contributed by atoms with Crippen LogP contribution in [0.15, 0.2) is 30.5 Å². The van der Waals surface area contributed by atoms with Crippen molar-refractivity contribution in [2.24, 2.45) is 5.73 Å². The normalized spacial score (nSPS) is 10.7. The highest BCUT2D eigenvalue weighted by atomic mass is 35.5. The summed E-state index contributed by atoms with van der Waals surface area (Å²) in [5.74, 6) is 1.40. The zero-order valence-corrected chi connectivity index (χ0v) is 13.0. The van der Waals surface area contributed by atoms with E-state index in [0.717, 1.165) is 16.1 Å². The van der Waals surface area contributed by atoms with Gasteiger partial charge in [0, 0.05) is 22.8 Å². The number of hydrogen-bond donors (Lipinski definition) is 2. The maximum Gasteiger partial charge on any atom is 0.219 e. The van der Waals surface area contributed by atoms with Crippen LogP contribution < -0.4 is 10.5 Å². The fraction of sp³-hybridized carbons (Fsp3) is 0.250. The zero-order chi connectivity index (χ0) is 15.6. The molecule has 0 aliphatic rings. The summed E-state index contributed by atoms with van der Waals surface area (Å²) in [5.41, 5.74) is 8.01. The van der Waals surface area contributed by atoms with Gasteiger partial charge in [-0.2, -0.15) is 0 Å². The first-order chi connectivity index (χ1) is 9.88. The maximum atomic E-state index is 7.45. The first-order valence-corrected chi connectivity index (χ1v) is 7.04. The van der Waals surface area contributed by atoms with Crippen LogP contribution in [0.1, 0.15) is 36.5 Å². The van der Waals surface area contributed by atoms with Crippen molar-refractivity contribution >= 4 is 17.4 Å². The standard InChI is InChI=1S/C16H18ClN3O/c1-9(2)12-8-14(10(3)6-13(12)17)21-15-7-11(16(18)19)4-5-20-15/h4-9H,1-3H3,(H3,18,19). The number of benzene rings is 1. The van der Waals surface area contributed by atoms with Crippen LogP contribution in [0.25, 0.3) is 0 Å². The average molecular weight is 304 g/mol. The summed E-state index contributed by atoms with van der Waals surface area (Å²) in [6, 6.07) is 7.14. The summed E-state index contributed by atoms with van der Waals surface area (Å²) >= 11 is 6.25. The largest absolute Gasteiger partial charge is 0.439 e. The number of amidine groups is 1. The Morgan fingerprint density at radius 1 is 1.33 bits per heavy atom. The number of rotatable bonds is 4. The molecule has 2 aromatic rings. The van der Waals surface area contributed by atoms with Gasteiger partial charge in [-0.05, 0) is 42.2 Å². The quantitative estimate of drug-likeness (QED) is 0.655. The van der Waals surface area contributed by atoms with E-state index in [2.05, 4.69) is 18.8 Å². The smallest absolute Gasteiger partial charge is 0.219 e. The van der Waals surface area contributed by atoms with E-state index in [1.165, 1.54) is 0 Å². The molecule has 0 amide bonds. The lowest BCUT2D eigenvalue weighted by molar-refractivity contribution is 0.458. The van der Waals surface area contributed by atoms with Crippen molar-refractivity contribution in [3.05, 3.63) is 52.2 Å². The summed E-state index contributed by atoms with van der Waals surface area (Å²) in [4.78, 5) is 4.15. The Bertz CT molecular complexity index is 683. The molecule has 2 rings (SSSR count). The third kappa shape index (κ3) is 3.52. The predicted octanol–water partition coefficient (Wildman–Crippen LogP) is 4.24. The molecule has 0 bridgehead atoms. The average Bonchev–Trinajstić information content (AvgIpc) is 2.41. The van der Waals surface area contributed by atoms with Crippen LogP contribution in [0, 0.1) is 12.3 Å². The van der Waals surface area contributed by atoms with E-state index < -0.39 is 0 Å². The molecule has 21 heavy (non-hydrogen) atoms. The van der Waals surface area contributed by atoms with Crippen LogP contribution in [-0.4, -0.2) is 10.8 Å². The van der Waals surface area contributed by atoms with Gasteiger partial charge >= 0.3 is 0 Å². The lowest BCUT2D eigenvalue weighted by Gasteiger charge is -2.14. The molecule has 0 aliphatic heterocycles. The van der Waals surface area contributed by atoms with Crippen molar-refractivity contribution in [2.75, 3.05) is 0 Å². The van der Waals surface area contributed by atoms with Crippen LogP contribution in [0.4, 0.5) is 0 Å². The number of nitrogens with zero attached hydrogens (tertiary/aromatic N) is 1. The Morgan fingerprint density at radius 3 is 2.67 bits per heavy atom. The van der Waals surface area contributed by atoms with Crippen molar-refractivity contribution in [3.8, 4) is 11.6 Å². The minimum absolute atomic E-state index is 0.0158. The molecule has 0 radical (unpaired) electrons. The molecule has 3 N–H and O–H groups in total. The van der Waals surface area contributed by atoms with E-state index in [1.54, 1.807) is 18.3 Å². The predicted molar refractivity (Wildman–Crippen MR) is 85.6 cm³/mol. The van der Waals surface area contributed by atoms with Gasteiger partial charge in [-0.25, -0.2) is 4.98 Å². The molecule has 0 saturated heterocycles. The minimum atomic E-state index is -0.0158. The van der Waals surface area contributed by atoms with Crippen LogP contribution in [0.5, 0.6) is 11.6 Å². The van der Waals surface area contributed by atoms with Gasteiger partial charge in [-0.1, -0.05) is 25.4 Å². The number of ether oxygens (including phenoxy) is 1. The van der Waals surface area contributed by atoms with Gasteiger partial charge in [0.05, 0.1) is 0 Å². The molecule has 110 valence electrons. The Kier molecular flexibility index (Phi) is 4.48. The van der Waals surface area contributed by atoms with E-state index in [1.807, 2.05) is 19.1 Å². The monoisotopic (exact) mass is 303 g/mol. The summed E-state index contributed by atoms with van der Waals surface area (Å²) in [7, 11) is 0. The zero-order valence-electron chi connectivity index (χ0n) is 12.3. The van der Waals surface area contributed by atoms with Gasteiger partial charge in [0.15, 0.2) is 0 Å². The molecule has 0 saturated carbocycles. The van der Waals surface area contributed by atoms with Crippen molar-refractivity contribution < 1.29 is 4.74 Å². The number of halogens is 1. The highest BCUT2D eigenvalue weighted by molar-refractivity contribution is 6.31. The first-order valence-electron chi connectivity index (χ1n) is 6.67. The molecule has 1 aromatic carbocycles. The molecule has 5 heteroatoms. The second-order valence-corrected chi connectivity index (χ2v) is 5.60. The number of pyridine rings is 1. The molecule has 0 aliphatic carbocycles. The van der Waals surface area contributed by atoms with E-state index in [4.69, 9.17) is 27.5 Å². The SMILES string of the molecule is Cc1cc(Cl)c(C(C)C)cc1Oc1cc(C(=N)N)ccn1. The summed E-state index contributed by atoms with van der Waals surface area (Å²) in [6.45, 7) is 6.09. The number of aromatic nitrogens is 1. The lowest BCUT2D eigenvalue weighted by Crippen LogP contribution is -2.11. The van der Waals surface area contributed by atoms with Gasteiger partial charge in [0.1, 0.15) is 11.6 Å². The molecule has 1 aromatic heterocycles. The summed E-state index contributed by atoms with van der Waals surface area (Å²) < 4.78 is 5.82. The number of nitrogens with one attached hydrogen (secondary N) is 1. The molecule has 0 spiro atoms. The van der Waals surface area contributed by atoms with E-state index in [-0.39, 0.29) is 5.84 Å². The van der Waals surface area contributed by atoms with Crippen molar-refractivity contribution in [1.29, 1.82) is 5.41 Å². The van der Waals surface area contributed by atoms with Gasteiger partial charge < -0.3 is 10.5 Å². The van der Waals surface area contributed by atoms with Crippen LogP contribution in [-0.2, 0) is 0 Å². The number of hydrogen-bond acceptors (Lipinski definition) is 3. The Hall–Kier alpha value is -2.07. The molecule has 4 nitrogen and oxygen atoms in total. The molecule has 0 fully saturated rings. The van der Waals surface area contributed by atoms with Crippen molar-refractivity contribution in [3.63, 3.8) is 0 Å². The topological polar surface area (TPSA) is 72.0 Å². The van der Waals surface area contributed by atoms with Crippen LogP contribution in [0.2, 0.25) is 5.02 Å². The van der Waals surface area contributed by atoms with Gasteiger partial charge in [0.25, 0.3) is 0 Å². The van der Waals surface area contributed by atoms with E-state index in [9.17, 15) is 0 Å². The number of nitrogen functional groups attached to an aromatic ring is 1. The fourth-order valence-corrected chi connectivity index (χ4v) is 2.40. The third-order valence-corrected chi connectivity index (χ3v) is 3.50. The number of nitrogens with two attached hydrogens (primary N) is 1. The number of aryl methyl sites for hydroxylation is 1. The second-order valence-electron chi connectivity index (χ2n) is 5.19. The van der Waals surface area contributed by atoms with Crippen LogP contribution in [0.3, 0.4) is 0 Å². The molecule has 0 atom stereocenters. The molecule has 0 unspecified atom stereocenters. The van der Waals surface area contributed by atoms with Gasteiger partial charge in [-0.15, -0.1) is 0 Å². The second kappa shape index (κ2) is 6.14. The minimum Gasteiger partial charge on any atom is -0.439 e. The molecular weight excluding hydrogens is 286 g/mol. The van der Waals surface area contributed by atoms with E-state index in [0.29, 0.717) is 23.1 Å². The fourth-order valence-electron chi connectivity index (χ4n) is 1.97. The maximum absolute atomic E-state index is 7.45.